The molecule has 4 aromatic rings. The van der Waals surface area contributed by atoms with E-state index >= 15 is 0 Å². The number of hydrogen-bond donors (Lipinski definition) is 1. The van der Waals surface area contributed by atoms with Crippen molar-refractivity contribution in [1.82, 2.24) is 19.3 Å². The van der Waals surface area contributed by atoms with Crippen molar-refractivity contribution in [3.05, 3.63) is 48.0 Å². The Morgan fingerprint density at radius 2 is 1.96 bits per heavy atom. The number of likely N-dealkylation sites (N-methyl/N-ethyl adjacent to an activating group) is 1. The molecule has 0 saturated carbocycles. The number of aromatic nitrogens is 3. The maximum absolute atomic E-state index is 11.8. The van der Waals surface area contributed by atoms with Crippen molar-refractivity contribution in [2.45, 2.75) is 12.5 Å². The van der Waals surface area contributed by atoms with Gasteiger partial charge in [-0.1, -0.05) is 12.1 Å². The van der Waals surface area contributed by atoms with Crippen LogP contribution < -0.4 is 4.90 Å². The molecule has 4 heterocycles. The third kappa shape index (κ3) is 2.51. The number of nitrogens with zero attached hydrogens (tertiary/aromatic N) is 5. The molecular weight excluding hydrogens is 354 g/mol. The lowest BCUT2D eigenvalue weighted by atomic mass is 10.2. The minimum absolute atomic E-state index is 0.187. The minimum Gasteiger partial charge on any atom is -0.478 e. The van der Waals surface area contributed by atoms with E-state index in [4.69, 9.17) is 4.98 Å². The summed E-state index contributed by atoms with van der Waals surface area (Å²) in [5, 5.41) is 10.5. The van der Waals surface area contributed by atoms with Gasteiger partial charge in [-0.2, -0.15) is 0 Å². The smallest absolute Gasteiger partial charge is 0.339 e. The molecule has 142 valence electrons. The van der Waals surface area contributed by atoms with Crippen molar-refractivity contribution in [2.24, 2.45) is 0 Å². The van der Waals surface area contributed by atoms with Crippen molar-refractivity contribution in [3.63, 3.8) is 0 Å². The fraction of sp³-hybridized carbons (Fsp3) is 0.286. The summed E-state index contributed by atoms with van der Waals surface area (Å²) in [4.78, 5) is 25.9. The molecule has 1 atom stereocenters. The van der Waals surface area contributed by atoms with Gasteiger partial charge in [0.2, 0.25) is 0 Å². The molecule has 3 aromatic heterocycles. The number of para-hydroxylation sites is 2. The quantitative estimate of drug-likeness (QED) is 0.594. The molecule has 0 aliphatic carbocycles. The molecule has 1 fully saturated rings. The van der Waals surface area contributed by atoms with Gasteiger partial charge in [-0.05, 0) is 50.8 Å². The molecule has 0 spiro atoms. The fourth-order valence-electron chi connectivity index (χ4n) is 4.09. The number of carboxylic acid groups (broad SMARTS) is 1. The highest BCUT2D eigenvalue weighted by Crippen LogP contribution is 2.28. The van der Waals surface area contributed by atoms with Crippen LogP contribution >= 0.6 is 0 Å². The standard InChI is InChI=1S/C21H21N5O2/c1-24(2)14-9-10-25(12-14)18-8-7-13-11-15(21(27)28)20-22-16-5-3-4-6-17(16)26(20)19(13)23-18/h3-8,11,14H,9-10,12H2,1-2H3,(H,27,28). The zero-order valence-electron chi connectivity index (χ0n) is 15.8. The van der Waals surface area contributed by atoms with Crippen LogP contribution in [-0.4, -0.2) is 63.6 Å². The molecule has 0 radical (unpaired) electrons. The first kappa shape index (κ1) is 16.9. The third-order valence-corrected chi connectivity index (χ3v) is 5.65. The molecule has 1 aliphatic heterocycles. The normalized spacial score (nSPS) is 17.4. The number of carboxylic acids is 1. The molecule has 5 rings (SSSR count). The lowest BCUT2D eigenvalue weighted by Gasteiger charge is -2.21. The van der Waals surface area contributed by atoms with Crippen molar-refractivity contribution >= 4 is 39.5 Å². The average Bonchev–Trinajstić information content (AvgIpc) is 3.32. The van der Waals surface area contributed by atoms with Crippen LogP contribution in [0, 0.1) is 0 Å². The predicted molar refractivity (Wildman–Crippen MR) is 109 cm³/mol. The Hall–Kier alpha value is -3.19. The Bertz CT molecular complexity index is 1230. The monoisotopic (exact) mass is 375 g/mol. The maximum Gasteiger partial charge on any atom is 0.339 e. The van der Waals surface area contributed by atoms with Gasteiger partial charge in [0.25, 0.3) is 0 Å². The van der Waals surface area contributed by atoms with Gasteiger partial charge in [0.15, 0.2) is 5.65 Å². The van der Waals surface area contributed by atoms with Gasteiger partial charge in [0, 0.05) is 24.5 Å². The number of rotatable bonds is 3. The van der Waals surface area contributed by atoms with E-state index in [1.54, 1.807) is 6.07 Å². The molecule has 1 aliphatic rings. The van der Waals surface area contributed by atoms with E-state index in [-0.39, 0.29) is 5.56 Å². The van der Waals surface area contributed by atoms with E-state index in [2.05, 4.69) is 28.9 Å². The Kier molecular flexibility index (Phi) is 3.73. The second-order valence-corrected chi connectivity index (χ2v) is 7.56. The highest BCUT2D eigenvalue weighted by molar-refractivity contribution is 6.02. The lowest BCUT2D eigenvalue weighted by Crippen LogP contribution is -2.31. The summed E-state index contributed by atoms with van der Waals surface area (Å²) in [5.74, 6) is -0.0707. The first-order valence-electron chi connectivity index (χ1n) is 9.38. The van der Waals surface area contributed by atoms with Crippen LogP contribution in [0.4, 0.5) is 5.82 Å². The molecule has 7 heteroatoms. The van der Waals surface area contributed by atoms with Crippen molar-refractivity contribution < 1.29 is 9.90 Å². The Morgan fingerprint density at radius 1 is 1.14 bits per heavy atom. The van der Waals surface area contributed by atoms with E-state index in [1.807, 2.05) is 40.8 Å². The summed E-state index contributed by atoms with van der Waals surface area (Å²) in [7, 11) is 4.22. The molecule has 0 bridgehead atoms. The van der Waals surface area contributed by atoms with E-state index in [1.165, 1.54) is 0 Å². The lowest BCUT2D eigenvalue weighted by molar-refractivity contribution is 0.0698. The Morgan fingerprint density at radius 3 is 2.71 bits per heavy atom. The van der Waals surface area contributed by atoms with Crippen molar-refractivity contribution in [2.75, 3.05) is 32.1 Å². The SMILES string of the molecule is CN(C)C1CCN(c2ccc3cc(C(=O)O)c4nc5ccccc5n4c3n2)C1. The van der Waals surface area contributed by atoms with Gasteiger partial charge in [-0.15, -0.1) is 0 Å². The molecular formula is C21H21N5O2. The van der Waals surface area contributed by atoms with Gasteiger partial charge in [-0.3, -0.25) is 4.40 Å². The highest BCUT2D eigenvalue weighted by atomic mass is 16.4. The summed E-state index contributed by atoms with van der Waals surface area (Å²) in [5.41, 5.74) is 2.98. The third-order valence-electron chi connectivity index (χ3n) is 5.65. The Labute approximate surface area is 161 Å². The summed E-state index contributed by atoms with van der Waals surface area (Å²) in [6.07, 6.45) is 1.11. The van der Waals surface area contributed by atoms with Gasteiger partial charge >= 0.3 is 5.97 Å². The Balaban J connectivity index is 1.75. The number of pyridine rings is 2. The molecule has 0 amide bonds. The summed E-state index contributed by atoms with van der Waals surface area (Å²) in [6, 6.07) is 13.8. The second kappa shape index (κ2) is 6.17. The largest absolute Gasteiger partial charge is 0.478 e. The van der Waals surface area contributed by atoms with Crippen molar-refractivity contribution in [1.29, 1.82) is 0 Å². The predicted octanol–water partition coefficient (Wildman–Crippen LogP) is 2.87. The van der Waals surface area contributed by atoms with E-state index in [0.29, 0.717) is 11.7 Å². The zero-order valence-corrected chi connectivity index (χ0v) is 15.8. The van der Waals surface area contributed by atoms with Crippen LogP contribution in [0.5, 0.6) is 0 Å². The maximum atomic E-state index is 11.8. The number of carbonyl (C=O) groups is 1. The second-order valence-electron chi connectivity index (χ2n) is 7.56. The zero-order chi connectivity index (χ0) is 19.4. The molecule has 1 aromatic carbocycles. The van der Waals surface area contributed by atoms with Crippen LogP contribution in [0.1, 0.15) is 16.8 Å². The van der Waals surface area contributed by atoms with Crippen LogP contribution in [0.2, 0.25) is 0 Å². The highest BCUT2D eigenvalue weighted by Gasteiger charge is 2.25. The first-order valence-corrected chi connectivity index (χ1v) is 9.38. The number of fused-ring (bicyclic) bond motifs is 5. The molecule has 1 N–H and O–H groups in total. The fourth-order valence-corrected chi connectivity index (χ4v) is 4.09. The van der Waals surface area contributed by atoms with E-state index < -0.39 is 5.97 Å². The molecule has 1 unspecified atom stereocenters. The van der Waals surface area contributed by atoms with E-state index in [9.17, 15) is 9.90 Å². The minimum atomic E-state index is -0.986. The number of imidazole rings is 1. The topological polar surface area (TPSA) is 74.0 Å². The van der Waals surface area contributed by atoms with Gasteiger partial charge in [-0.25, -0.2) is 14.8 Å². The van der Waals surface area contributed by atoms with Crippen LogP contribution in [0.15, 0.2) is 42.5 Å². The average molecular weight is 375 g/mol. The molecule has 7 nitrogen and oxygen atoms in total. The van der Waals surface area contributed by atoms with Gasteiger partial charge in [0.05, 0.1) is 11.0 Å². The van der Waals surface area contributed by atoms with Gasteiger partial charge in [0.1, 0.15) is 17.0 Å². The van der Waals surface area contributed by atoms with Crippen molar-refractivity contribution in [3.8, 4) is 0 Å². The summed E-state index contributed by atoms with van der Waals surface area (Å²) >= 11 is 0. The molecule has 1 saturated heterocycles. The van der Waals surface area contributed by atoms with Gasteiger partial charge < -0.3 is 14.9 Å². The number of aromatic carboxylic acids is 1. The van der Waals surface area contributed by atoms with Crippen LogP contribution in [0.3, 0.4) is 0 Å². The molecule has 28 heavy (non-hydrogen) atoms. The van der Waals surface area contributed by atoms with Crippen LogP contribution in [0.25, 0.3) is 27.7 Å². The number of anilines is 1. The first-order chi connectivity index (χ1) is 13.5. The summed E-state index contributed by atoms with van der Waals surface area (Å²) in [6.45, 7) is 1.90. The summed E-state index contributed by atoms with van der Waals surface area (Å²) < 4.78 is 1.87. The number of hydrogen-bond acceptors (Lipinski definition) is 5. The number of benzene rings is 1. The van der Waals surface area contributed by atoms with Crippen LogP contribution in [-0.2, 0) is 0 Å². The van der Waals surface area contributed by atoms with E-state index in [0.717, 1.165) is 47.4 Å².